The van der Waals surface area contributed by atoms with Gasteiger partial charge in [-0.3, -0.25) is 9.59 Å². The third-order valence-corrected chi connectivity index (χ3v) is 3.72. The minimum atomic E-state index is -0.254. The van der Waals surface area contributed by atoms with Gasteiger partial charge in [0.05, 0.1) is 17.3 Å². The van der Waals surface area contributed by atoms with Gasteiger partial charge in [-0.15, -0.1) is 0 Å². The highest BCUT2D eigenvalue weighted by Crippen LogP contribution is 2.25. The van der Waals surface area contributed by atoms with Gasteiger partial charge in [0.25, 0.3) is 5.91 Å². The number of carbonyl (C=O) groups excluding carboxylic acids is 2. The average molecular weight is 366 g/mol. The molecule has 2 aromatic carbocycles. The van der Waals surface area contributed by atoms with E-state index in [1.807, 2.05) is 0 Å². The van der Waals surface area contributed by atoms with Crippen LogP contribution >= 0.6 is 23.2 Å². The average Bonchev–Trinajstić information content (AvgIpc) is 2.53. The Bertz CT molecular complexity index is 763. The molecule has 126 valence electrons. The van der Waals surface area contributed by atoms with Crippen molar-refractivity contribution in [3.8, 4) is 0 Å². The van der Waals surface area contributed by atoms with Gasteiger partial charge in [0.1, 0.15) is 0 Å². The minimum Gasteiger partial charge on any atom is -0.375 e. The highest BCUT2D eigenvalue weighted by molar-refractivity contribution is 6.36. The first-order valence-corrected chi connectivity index (χ1v) is 7.93. The smallest absolute Gasteiger partial charge is 0.253 e. The zero-order chi connectivity index (χ0) is 17.7. The summed E-state index contributed by atoms with van der Waals surface area (Å²) in [6, 6.07) is 11.8. The first-order valence-electron chi connectivity index (χ1n) is 7.17. The van der Waals surface area contributed by atoms with Crippen molar-refractivity contribution in [2.45, 2.75) is 0 Å². The maximum atomic E-state index is 12.0. The Morgan fingerprint density at radius 3 is 2.50 bits per heavy atom. The monoisotopic (exact) mass is 365 g/mol. The van der Waals surface area contributed by atoms with E-state index >= 15 is 0 Å². The fourth-order valence-corrected chi connectivity index (χ4v) is 2.48. The van der Waals surface area contributed by atoms with E-state index < -0.39 is 0 Å². The lowest BCUT2D eigenvalue weighted by Crippen LogP contribution is -2.23. The van der Waals surface area contributed by atoms with E-state index in [0.29, 0.717) is 27.0 Å². The van der Waals surface area contributed by atoms with Gasteiger partial charge in [0.15, 0.2) is 0 Å². The van der Waals surface area contributed by atoms with Crippen LogP contribution < -0.4 is 10.6 Å². The summed E-state index contributed by atoms with van der Waals surface area (Å²) in [5.41, 5.74) is 1.68. The van der Waals surface area contributed by atoms with Gasteiger partial charge in [-0.25, -0.2) is 0 Å². The topological polar surface area (TPSA) is 61.4 Å². The largest absolute Gasteiger partial charge is 0.375 e. The molecule has 0 fully saturated rings. The zero-order valence-electron chi connectivity index (χ0n) is 13.3. The summed E-state index contributed by atoms with van der Waals surface area (Å²) >= 11 is 11.9. The van der Waals surface area contributed by atoms with E-state index in [-0.39, 0.29) is 18.4 Å². The lowest BCUT2D eigenvalue weighted by molar-refractivity contribution is -0.114. The van der Waals surface area contributed by atoms with Gasteiger partial charge < -0.3 is 15.5 Å². The second-order valence-corrected chi connectivity index (χ2v) is 6.15. The predicted octanol–water partition coefficient (Wildman–Crippen LogP) is 3.75. The Balaban J connectivity index is 1.97. The van der Waals surface area contributed by atoms with Gasteiger partial charge in [-0.1, -0.05) is 29.3 Å². The number of halogens is 2. The molecule has 0 bridgehead atoms. The van der Waals surface area contributed by atoms with Crippen molar-refractivity contribution in [3.05, 3.63) is 58.1 Å². The SMILES string of the molecule is CN(C)C(=O)c1cccc(NC(=O)CNc2ccc(Cl)cc2Cl)c1. The van der Waals surface area contributed by atoms with Crippen molar-refractivity contribution in [2.24, 2.45) is 0 Å². The number of benzene rings is 2. The molecule has 2 amide bonds. The maximum absolute atomic E-state index is 12.0. The van der Waals surface area contributed by atoms with Gasteiger partial charge in [0, 0.05) is 30.4 Å². The second-order valence-electron chi connectivity index (χ2n) is 5.31. The van der Waals surface area contributed by atoms with Crippen molar-refractivity contribution in [2.75, 3.05) is 31.3 Å². The minimum absolute atomic E-state index is 0.0349. The van der Waals surface area contributed by atoms with E-state index in [4.69, 9.17) is 23.2 Å². The molecule has 24 heavy (non-hydrogen) atoms. The number of rotatable bonds is 5. The third-order valence-electron chi connectivity index (χ3n) is 3.17. The van der Waals surface area contributed by atoms with Crippen LogP contribution in [0.15, 0.2) is 42.5 Å². The molecule has 0 aliphatic carbocycles. The van der Waals surface area contributed by atoms with Crippen LogP contribution in [-0.2, 0) is 4.79 Å². The molecule has 2 rings (SSSR count). The standard InChI is InChI=1S/C17H17Cl2N3O2/c1-22(2)17(24)11-4-3-5-13(8-11)21-16(23)10-20-15-7-6-12(18)9-14(15)19/h3-9,20H,10H2,1-2H3,(H,21,23). The molecule has 0 saturated carbocycles. The first-order chi connectivity index (χ1) is 11.4. The number of nitrogens with one attached hydrogen (secondary N) is 2. The Kier molecular flexibility index (Phi) is 6.06. The van der Waals surface area contributed by atoms with Crippen molar-refractivity contribution >= 4 is 46.4 Å². The molecule has 0 heterocycles. The molecule has 0 atom stereocenters. The van der Waals surface area contributed by atoms with Crippen LogP contribution in [0.5, 0.6) is 0 Å². The van der Waals surface area contributed by atoms with Crippen molar-refractivity contribution < 1.29 is 9.59 Å². The summed E-state index contributed by atoms with van der Waals surface area (Å²) in [7, 11) is 3.35. The zero-order valence-corrected chi connectivity index (χ0v) is 14.8. The van der Waals surface area contributed by atoms with E-state index in [0.717, 1.165) is 0 Å². The predicted molar refractivity (Wildman–Crippen MR) is 98.0 cm³/mol. The number of hydrogen-bond donors (Lipinski definition) is 2. The van der Waals surface area contributed by atoms with E-state index in [1.54, 1.807) is 56.6 Å². The van der Waals surface area contributed by atoms with E-state index in [2.05, 4.69) is 10.6 Å². The molecule has 2 N–H and O–H groups in total. The summed E-state index contributed by atoms with van der Waals surface area (Å²) in [4.78, 5) is 25.5. The first kappa shape index (κ1) is 18.1. The van der Waals surface area contributed by atoms with Gasteiger partial charge in [-0.05, 0) is 36.4 Å². The molecule has 7 heteroatoms. The van der Waals surface area contributed by atoms with Gasteiger partial charge in [-0.2, -0.15) is 0 Å². The Hall–Kier alpha value is -2.24. The van der Waals surface area contributed by atoms with E-state index in [9.17, 15) is 9.59 Å². The molecular weight excluding hydrogens is 349 g/mol. The molecule has 0 saturated heterocycles. The van der Waals surface area contributed by atoms with Crippen LogP contribution in [0.25, 0.3) is 0 Å². The Morgan fingerprint density at radius 2 is 1.83 bits per heavy atom. The molecule has 0 aliphatic heterocycles. The van der Waals surface area contributed by atoms with Gasteiger partial charge >= 0.3 is 0 Å². The van der Waals surface area contributed by atoms with Crippen LogP contribution in [0.4, 0.5) is 11.4 Å². The van der Waals surface area contributed by atoms with Crippen LogP contribution in [0.2, 0.25) is 10.0 Å². The molecule has 0 radical (unpaired) electrons. The molecule has 0 unspecified atom stereocenters. The third kappa shape index (κ3) is 4.88. The lowest BCUT2D eigenvalue weighted by Gasteiger charge is -2.12. The summed E-state index contributed by atoms with van der Waals surface area (Å²) in [5, 5.41) is 6.64. The van der Waals surface area contributed by atoms with E-state index in [1.165, 1.54) is 4.90 Å². The Morgan fingerprint density at radius 1 is 1.08 bits per heavy atom. The summed E-state index contributed by atoms with van der Waals surface area (Å²) in [6.07, 6.45) is 0. The molecular formula is C17H17Cl2N3O2. The number of carbonyl (C=O) groups is 2. The van der Waals surface area contributed by atoms with Crippen LogP contribution in [0.3, 0.4) is 0 Å². The van der Waals surface area contributed by atoms with Crippen LogP contribution in [0, 0.1) is 0 Å². The highest BCUT2D eigenvalue weighted by atomic mass is 35.5. The molecule has 0 aromatic heterocycles. The summed E-state index contributed by atoms with van der Waals surface area (Å²) in [5.74, 6) is -0.382. The van der Waals surface area contributed by atoms with Gasteiger partial charge in [0.2, 0.25) is 5.91 Å². The maximum Gasteiger partial charge on any atom is 0.253 e. The number of amides is 2. The van der Waals surface area contributed by atoms with Crippen molar-refractivity contribution in [1.82, 2.24) is 4.90 Å². The number of anilines is 2. The highest BCUT2D eigenvalue weighted by Gasteiger charge is 2.10. The molecule has 5 nitrogen and oxygen atoms in total. The fourth-order valence-electron chi connectivity index (χ4n) is 2.00. The van der Waals surface area contributed by atoms with Crippen molar-refractivity contribution in [3.63, 3.8) is 0 Å². The van der Waals surface area contributed by atoms with Crippen LogP contribution in [0.1, 0.15) is 10.4 Å². The van der Waals surface area contributed by atoms with Crippen molar-refractivity contribution in [1.29, 1.82) is 0 Å². The lowest BCUT2D eigenvalue weighted by atomic mass is 10.2. The fraction of sp³-hybridized carbons (Fsp3) is 0.176. The second kappa shape index (κ2) is 8.04. The number of nitrogens with zero attached hydrogens (tertiary/aromatic N) is 1. The molecule has 2 aromatic rings. The normalized spacial score (nSPS) is 10.2. The number of hydrogen-bond acceptors (Lipinski definition) is 3. The van der Waals surface area contributed by atoms with Crippen LogP contribution in [-0.4, -0.2) is 37.4 Å². The molecule has 0 aliphatic rings. The quantitative estimate of drug-likeness (QED) is 0.847. The molecule has 0 spiro atoms. The Labute approximate surface area is 150 Å². The summed E-state index contributed by atoms with van der Waals surface area (Å²) in [6.45, 7) is 0.0349. The summed E-state index contributed by atoms with van der Waals surface area (Å²) < 4.78 is 0.